The molecule has 1 rings (SSSR count). The summed E-state index contributed by atoms with van der Waals surface area (Å²) in [6, 6.07) is 0.507. The zero-order valence-electron chi connectivity index (χ0n) is 7.35. The molecule has 1 fully saturated rings. The van der Waals surface area contributed by atoms with Gasteiger partial charge in [-0.25, -0.2) is 0 Å². The van der Waals surface area contributed by atoms with E-state index in [9.17, 15) is 0 Å². The van der Waals surface area contributed by atoms with Crippen LogP contribution in [-0.2, 0) is 0 Å². The van der Waals surface area contributed by atoms with Gasteiger partial charge in [0, 0.05) is 6.04 Å². The van der Waals surface area contributed by atoms with Crippen LogP contribution in [0, 0.1) is 11.3 Å². The molecule has 0 aromatic carbocycles. The Hall–Kier alpha value is -0.0400. The van der Waals surface area contributed by atoms with Gasteiger partial charge in [-0.3, -0.25) is 0 Å². The average molecular weight is 141 g/mol. The summed E-state index contributed by atoms with van der Waals surface area (Å²) < 4.78 is 0. The molecule has 0 radical (unpaired) electrons. The summed E-state index contributed by atoms with van der Waals surface area (Å²) in [4.78, 5) is 0. The van der Waals surface area contributed by atoms with Crippen molar-refractivity contribution in [2.75, 3.05) is 0 Å². The first-order chi connectivity index (χ1) is 4.67. The lowest BCUT2D eigenvalue weighted by atomic mass is 9.85. The fourth-order valence-corrected chi connectivity index (χ4v) is 2.08. The quantitative estimate of drug-likeness (QED) is 0.640. The summed E-state index contributed by atoms with van der Waals surface area (Å²) in [5.74, 6) is 0.826. The largest absolute Gasteiger partial charge is 0.327 e. The summed E-state index contributed by atoms with van der Waals surface area (Å²) in [6.45, 7) is 6.85. The van der Waals surface area contributed by atoms with Crippen LogP contribution >= 0.6 is 0 Å². The number of nitrogens with two attached hydrogens (primary N) is 1. The van der Waals surface area contributed by atoms with Gasteiger partial charge in [0.05, 0.1) is 0 Å². The molecule has 0 saturated heterocycles. The topological polar surface area (TPSA) is 26.0 Å². The molecule has 0 amide bonds. The Bertz CT molecular complexity index is 118. The molecule has 3 unspecified atom stereocenters. The maximum absolute atomic E-state index is 5.89. The van der Waals surface area contributed by atoms with E-state index in [1.807, 2.05) is 0 Å². The molecule has 0 aliphatic heterocycles. The molecule has 2 N–H and O–H groups in total. The summed E-state index contributed by atoms with van der Waals surface area (Å²) in [5, 5.41) is 0. The molecule has 0 bridgehead atoms. The lowest BCUT2D eigenvalue weighted by Gasteiger charge is -2.20. The van der Waals surface area contributed by atoms with E-state index in [0.29, 0.717) is 11.5 Å². The highest BCUT2D eigenvalue weighted by Crippen LogP contribution is 2.54. The van der Waals surface area contributed by atoms with E-state index in [0.717, 1.165) is 5.92 Å². The van der Waals surface area contributed by atoms with E-state index >= 15 is 0 Å². The van der Waals surface area contributed by atoms with Crippen molar-refractivity contribution in [2.45, 2.75) is 46.1 Å². The van der Waals surface area contributed by atoms with Gasteiger partial charge in [0.15, 0.2) is 0 Å². The fraction of sp³-hybridized carbons (Fsp3) is 1.00. The van der Waals surface area contributed by atoms with Crippen molar-refractivity contribution in [3.8, 4) is 0 Å². The van der Waals surface area contributed by atoms with Crippen LogP contribution in [-0.4, -0.2) is 6.04 Å². The molecule has 0 heterocycles. The van der Waals surface area contributed by atoms with Crippen molar-refractivity contribution in [3.05, 3.63) is 0 Å². The molecule has 1 aliphatic carbocycles. The highest BCUT2D eigenvalue weighted by atomic mass is 14.8. The minimum Gasteiger partial charge on any atom is -0.327 e. The predicted octanol–water partition coefficient (Wildman–Crippen LogP) is 2.16. The second kappa shape index (κ2) is 2.54. The fourth-order valence-electron chi connectivity index (χ4n) is 2.08. The minimum absolute atomic E-state index is 0.507. The van der Waals surface area contributed by atoms with Crippen LogP contribution in [0.25, 0.3) is 0 Å². The standard InChI is InChI=1S/C9H19N/c1-4-7(3)9(5-2)6-8(9)10/h7-8H,4-6,10H2,1-3H3. The van der Waals surface area contributed by atoms with E-state index in [-0.39, 0.29) is 0 Å². The third-order valence-electron chi connectivity index (χ3n) is 3.43. The molecule has 1 heteroatoms. The van der Waals surface area contributed by atoms with Gasteiger partial charge in [0.1, 0.15) is 0 Å². The minimum atomic E-state index is 0.507. The molecule has 10 heavy (non-hydrogen) atoms. The Balaban J connectivity index is 2.51. The molecule has 60 valence electrons. The van der Waals surface area contributed by atoms with Gasteiger partial charge in [-0.15, -0.1) is 0 Å². The monoisotopic (exact) mass is 141 g/mol. The summed E-state index contributed by atoms with van der Waals surface area (Å²) >= 11 is 0. The van der Waals surface area contributed by atoms with Gasteiger partial charge in [-0.2, -0.15) is 0 Å². The van der Waals surface area contributed by atoms with Gasteiger partial charge >= 0.3 is 0 Å². The van der Waals surface area contributed by atoms with E-state index in [2.05, 4.69) is 20.8 Å². The van der Waals surface area contributed by atoms with Gasteiger partial charge < -0.3 is 5.73 Å². The van der Waals surface area contributed by atoms with E-state index < -0.39 is 0 Å². The van der Waals surface area contributed by atoms with Crippen LogP contribution in [0.2, 0.25) is 0 Å². The second-order valence-electron chi connectivity index (χ2n) is 3.71. The Kier molecular flexibility index (Phi) is 2.04. The van der Waals surface area contributed by atoms with Crippen molar-refractivity contribution >= 4 is 0 Å². The van der Waals surface area contributed by atoms with E-state index in [1.54, 1.807) is 0 Å². The third-order valence-corrected chi connectivity index (χ3v) is 3.43. The molecular weight excluding hydrogens is 122 g/mol. The Labute approximate surface area is 64.0 Å². The van der Waals surface area contributed by atoms with Crippen molar-refractivity contribution < 1.29 is 0 Å². The molecule has 3 atom stereocenters. The van der Waals surface area contributed by atoms with Crippen LogP contribution in [0.5, 0.6) is 0 Å². The molecule has 0 spiro atoms. The van der Waals surface area contributed by atoms with E-state index in [1.165, 1.54) is 19.3 Å². The highest BCUT2D eigenvalue weighted by molar-refractivity contribution is 5.07. The van der Waals surface area contributed by atoms with Gasteiger partial charge in [0.2, 0.25) is 0 Å². The number of hydrogen-bond acceptors (Lipinski definition) is 1. The lowest BCUT2D eigenvalue weighted by Crippen LogP contribution is -2.20. The zero-order valence-corrected chi connectivity index (χ0v) is 7.35. The maximum atomic E-state index is 5.89. The molecule has 0 aromatic rings. The predicted molar refractivity (Wildman–Crippen MR) is 44.8 cm³/mol. The number of rotatable bonds is 3. The lowest BCUT2D eigenvalue weighted by molar-refractivity contribution is 0.302. The molecule has 1 nitrogen and oxygen atoms in total. The van der Waals surface area contributed by atoms with Gasteiger partial charge in [0.25, 0.3) is 0 Å². The molecular formula is C9H19N. The molecule has 1 aliphatic rings. The SMILES string of the molecule is CCC(C)C1(CC)CC1N. The summed E-state index contributed by atoms with van der Waals surface area (Å²) in [5.41, 5.74) is 6.42. The zero-order chi connectivity index (χ0) is 7.78. The molecule has 0 aromatic heterocycles. The molecule has 1 saturated carbocycles. The Morgan fingerprint density at radius 3 is 2.20 bits per heavy atom. The van der Waals surface area contributed by atoms with Crippen LogP contribution < -0.4 is 5.73 Å². The van der Waals surface area contributed by atoms with Crippen molar-refractivity contribution in [3.63, 3.8) is 0 Å². The Morgan fingerprint density at radius 1 is 1.60 bits per heavy atom. The van der Waals surface area contributed by atoms with Crippen molar-refractivity contribution in [2.24, 2.45) is 17.1 Å². The first kappa shape index (κ1) is 8.06. The summed E-state index contributed by atoms with van der Waals surface area (Å²) in [7, 11) is 0. The van der Waals surface area contributed by atoms with Crippen LogP contribution in [0.15, 0.2) is 0 Å². The maximum Gasteiger partial charge on any atom is 0.0105 e. The average Bonchev–Trinajstić information content (AvgIpc) is 2.61. The van der Waals surface area contributed by atoms with Gasteiger partial charge in [-0.1, -0.05) is 27.2 Å². The second-order valence-corrected chi connectivity index (χ2v) is 3.71. The highest BCUT2D eigenvalue weighted by Gasteiger charge is 2.52. The normalized spacial score (nSPS) is 41.4. The van der Waals surface area contributed by atoms with Crippen LogP contribution in [0.4, 0.5) is 0 Å². The van der Waals surface area contributed by atoms with Crippen LogP contribution in [0.1, 0.15) is 40.0 Å². The number of hydrogen-bond donors (Lipinski definition) is 1. The van der Waals surface area contributed by atoms with Crippen LogP contribution in [0.3, 0.4) is 0 Å². The van der Waals surface area contributed by atoms with Crippen molar-refractivity contribution in [1.29, 1.82) is 0 Å². The first-order valence-corrected chi connectivity index (χ1v) is 4.43. The smallest absolute Gasteiger partial charge is 0.0105 e. The first-order valence-electron chi connectivity index (χ1n) is 4.43. The van der Waals surface area contributed by atoms with Crippen molar-refractivity contribution in [1.82, 2.24) is 0 Å². The van der Waals surface area contributed by atoms with E-state index in [4.69, 9.17) is 5.73 Å². The van der Waals surface area contributed by atoms with Gasteiger partial charge in [-0.05, 0) is 24.2 Å². The third kappa shape index (κ3) is 0.968. The Morgan fingerprint density at radius 2 is 2.10 bits per heavy atom. The summed E-state index contributed by atoms with van der Waals surface area (Å²) in [6.07, 6.45) is 3.81.